The number of aryl methyl sites for hydroxylation is 1. The van der Waals surface area contributed by atoms with E-state index >= 15 is 0 Å². The topological polar surface area (TPSA) is 78.6 Å². The predicted molar refractivity (Wildman–Crippen MR) is 137 cm³/mol. The molecule has 0 saturated carbocycles. The van der Waals surface area contributed by atoms with Crippen LogP contribution in [0.5, 0.6) is 5.75 Å². The van der Waals surface area contributed by atoms with E-state index in [9.17, 15) is 9.59 Å². The van der Waals surface area contributed by atoms with Crippen molar-refractivity contribution in [2.75, 3.05) is 6.54 Å². The van der Waals surface area contributed by atoms with Gasteiger partial charge < -0.3 is 18.9 Å². The van der Waals surface area contributed by atoms with Gasteiger partial charge in [0.05, 0.1) is 23.9 Å². The van der Waals surface area contributed by atoms with Crippen molar-refractivity contribution in [2.45, 2.75) is 45.9 Å². The highest BCUT2D eigenvalue weighted by molar-refractivity contribution is 5.88. The number of carbonyl (C=O) groups is 1. The molecule has 5 rings (SSSR count). The summed E-state index contributed by atoms with van der Waals surface area (Å²) >= 11 is 0. The molecule has 0 atom stereocenters. The van der Waals surface area contributed by atoms with Gasteiger partial charge in [-0.2, -0.15) is 9.78 Å². The van der Waals surface area contributed by atoms with Crippen molar-refractivity contribution >= 4 is 17.0 Å². The normalized spacial score (nSPS) is 13.5. The van der Waals surface area contributed by atoms with E-state index in [1.54, 1.807) is 11.1 Å². The SMILES string of the molecule is Cn1c2c(c3ccc(-n4ncc(OCc5ccccc5)cc4=O)cc31)CCN(C(=O)OC(C)(C)C)C2. The minimum atomic E-state index is -0.534. The molecule has 2 aromatic heterocycles. The molecule has 4 aromatic rings. The van der Waals surface area contributed by atoms with E-state index in [2.05, 4.69) is 9.67 Å². The molecular weight excluding hydrogens is 456 g/mol. The van der Waals surface area contributed by atoms with Gasteiger partial charge in [-0.1, -0.05) is 36.4 Å². The van der Waals surface area contributed by atoms with Gasteiger partial charge in [-0.25, -0.2) is 4.79 Å². The fourth-order valence-electron chi connectivity index (χ4n) is 4.56. The second-order valence-electron chi connectivity index (χ2n) is 10.1. The van der Waals surface area contributed by atoms with E-state index in [-0.39, 0.29) is 11.7 Å². The highest BCUT2D eigenvalue weighted by Gasteiger charge is 2.29. The molecule has 0 unspecified atom stereocenters. The number of rotatable bonds is 4. The number of fused-ring (bicyclic) bond motifs is 3. The first-order valence-corrected chi connectivity index (χ1v) is 12.0. The summed E-state index contributed by atoms with van der Waals surface area (Å²) in [7, 11) is 1.99. The second-order valence-corrected chi connectivity index (χ2v) is 10.1. The maximum absolute atomic E-state index is 12.9. The molecule has 0 radical (unpaired) electrons. The van der Waals surface area contributed by atoms with Gasteiger partial charge in [0.15, 0.2) is 0 Å². The van der Waals surface area contributed by atoms with Crippen LogP contribution < -0.4 is 10.3 Å². The van der Waals surface area contributed by atoms with E-state index in [1.807, 2.05) is 76.3 Å². The zero-order valence-corrected chi connectivity index (χ0v) is 21.0. The fraction of sp³-hybridized carbons (Fsp3) is 0.321. The molecule has 0 aliphatic carbocycles. The highest BCUT2D eigenvalue weighted by atomic mass is 16.6. The molecule has 0 saturated heterocycles. The number of hydrogen-bond acceptors (Lipinski definition) is 5. The van der Waals surface area contributed by atoms with Gasteiger partial charge in [-0.3, -0.25) is 4.79 Å². The molecule has 0 spiro atoms. The summed E-state index contributed by atoms with van der Waals surface area (Å²) in [6.45, 7) is 7.07. The summed E-state index contributed by atoms with van der Waals surface area (Å²) in [4.78, 5) is 27.2. The van der Waals surface area contributed by atoms with Crippen molar-refractivity contribution in [3.05, 3.63) is 88.0 Å². The Hall–Kier alpha value is -4.07. The van der Waals surface area contributed by atoms with Crippen molar-refractivity contribution in [1.82, 2.24) is 19.2 Å². The van der Waals surface area contributed by atoms with Gasteiger partial charge in [0.2, 0.25) is 0 Å². The van der Waals surface area contributed by atoms with Crippen molar-refractivity contribution in [3.63, 3.8) is 0 Å². The first-order valence-electron chi connectivity index (χ1n) is 12.0. The number of hydrogen-bond donors (Lipinski definition) is 0. The molecule has 36 heavy (non-hydrogen) atoms. The molecule has 0 fully saturated rings. The average molecular weight is 487 g/mol. The number of benzene rings is 2. The van der Waals surface area contributed by atoms with E-state index < -0.39 is 5.60 Å². The minimum absolute atomic E-state index is 0.269. The van der Waals surface area contributed by atoms with E-state index in [1.165, 1.54) is 16.3 Å². The maximum atomic E-state index is 12.9. The Labute approximate surface area is 209 Å². The first-order chi connectivity index (χ1) is 17.2. The molecule has 0 N–H and O–H groups in total. The maximum Gasteiger partial charge on any atom is 0.410 e. The molecular formula is C28H30N4O4. The number of nitrogens with zero attached hydrogens (tertiary/aromatic N) is 4. The van der Waals surface area contributed by atoms with Crippen LogP contribution in [-0.2, 0) is 31.4 Å². The van der Waals surface area contributed by atoms with Crippen molar-refractivity contribution < 1.29 is 14.3 Å². The number of amides is 1. The summed E-state index contributed by atoms with van der Waals surface area (Å²) < 4.78 is 14.8. The lowest BCUT2D eigenvalue weighted by Gasteiger charge is -2.30. The van der Waals surface area contributed by atoms with Gasteiger partial charge in [-0.05, 0) is 50.5 Å². The molecule has 2 aromatic carbocycles. The lowest BCUT2D eigenvalue weighted by Crippen LogP contribution is -2.40. The summed E-state index contributed by atoms with van der Waals surface area (Å²) in [5.74, 6) is 0.428. The van der Waals surface area contributed by atoms with Crippen molar-refractivity contribution in [2.24, 2.45) is 7.05 Å². The fourth-order valence-corrected chi connectivity index (χ4v) is 4.56. The second kappa shape index (κ2) is 9.18. The first kappa shape index (κ1) is 23.7. The monoisotopic (exact) mass is 486 g/mol. The third kappa shape index (κ3) is 4.71. The molecule has 0 bridgehead atoms. The molecule has 1 aliphatic heterocycles. The van der Waals surface area contributed by atoms with Crippen LogP contribution in [0.1, 0.15) is 37.6 Å². The third-order valence-electron chi connectivity index (χ3n) is 6.31. The molecule has 8 nitrogen and oxygen atoms in total. The van der Waals surface area contributed by atoms with E-state index in [0.717, 1.165) is 28.6 Å². The Morgan fingerprint density at radius 3 is 2.58 bits per heavy atom. The van der Waals surface area contributed by atoms with Crippen molar-refractivity contribution in [1.29, 1.82) is 0 Å². The van der Waals surface area contributed by atoms with Gasteiger partial charge in [0, 0.05) is 30.7 Å². The van der Waals surface area contributed by atoms with Gasteiger partial charge in [0.1, 0.15) is 18.0 Å². The lowest BCUT2D eigenvalue weighted by atomic mass is 10.0. The zero-order valence-electron chi connectivity index (χ0n) is 21.0. The summed E-state index contributed by atoms with van der Waals surface area (Å²) in [5, 5.41) is 5.47. The lowest BCUT2D eigenvalue weighted by molar-refractivity contribution is 0.0220. The Bertz CT molecular complexity index is 1480. The molecule has 1 aliphatic rings. The van der Waals surface area contributed by atoms with Crippen LogP contribution in [0.15, 0.2) is 65.6 Å². The summed E-state index contributed by atoms with van der Waals surface area (Å²) in [5.41, 5.74) is 4.17. The number of ether oxygens (including phenoxy) is 2. The van der Waals surface area contributed by atoms with Crippen molar-refractivity contribution in [3.8, 4) is 11.4 Å². The van der Waals surface area contributed by atoms with Gasteiger partial charge in [-0.15, -0.1) is 0 Å². The average Bonchev–Trinajstić information content (AvgIpc) is 3.13. The van der Waals surface area contributed by atoms with Crippen LogP contribution in [0.4, 0.5) is 4.79 Å². The predicted octanol–water partition coefficient (Wildman–Crippen LogP) is 4.60. The summed E-state index contributed by atoms with van der Waals surface area (Å²) in [6.07, 6.45) is 2.00. The van der Waals surface area contributed by atoms with Crippen LogP contribution in [-0.4, -0.2) is 37.5 Å². The number of carbonyl (C=O) groups excluding carboxylic acids is 1. The van der Waals surface area contributed by atoms with Crippen LogP contribution in [0, 0.1) is 0 Å². The minimum Gasteiger partial charge on any atom is -0.487 e. The Kier molecular flexibility index (Phi) is 6.04. The van der Waals surface area contributed by atoms with Crippen LogP contribution in [0.25, 0.3) is 16.6 Å². The quantitative estimate of drug-likeness (QED) is 0.421. The Morgan fingerprint density at radius 1 is 1.08 bits per heavy atom. The van der Waals surface area contributed by atoms with Crippen LogP contribution in [0.2, 0.25) is 0 Å². The summed E-state index contributed by atoms with van der Waals surface area (Å²) in [6, 6.07) is 17.1. The largest absolute Gasteiger partial charge is 0.487 e. The van der Waals surface area contributed by atoms with Gasteiger partial charge in [0.25, 0.3) is 5.56 Å². The molecule has 1 amide bonds. The van der Waals surface area contributed by atoms with Gasteiger partial charge >= 0.3 is 6.09 Å². The zero-order chi connectivity index (χ0) is 25.4. The Balaban J connectivity index is 1.39. The van der Waals surface area contributed by atoms with Crippen LogP contribution in [0.3, 0.4) is 0 Å². The molecule has 186 valence electrons. The Morgan fingerprint density at radius 2 is 1.86 bits per heavy atom. The van der Waals surface area contributed by atoms with E-state index in [4.69, 9.17) is 9.47 Å². The highest BCUT2D eigenvalue weighted by Crippen LogP contribution is 2.31. The standard InChI is InChI=1S/C28H30N4O4/c1-28(2,3)36-27(34)31-13-12-23-22-11-10-20(14-24(22)30(4)25(23)17-31)32-26(33)15-21(16-29-32)35-18-19-8-6-5-7-9-19/h5-11,14-16H,12-13,17-18H2,1-4H3. The van der Waals surface area contributed by atoms with Crippen LogP contribution >= 0.6 is 0 Å². The molecule has 3 heterocycles. The number of aromatic nitrogens is 3. The smallest absolute Gasteiger partial charge is 0.410 e. The molecule has 8 heteroatoms. The third-order valence-corrected chi connectivity index (χ3v) is 6.31. The van der Waals surface area contributed by atoms with E-state index in [0.29, 0.717) is 31.1 Å².